The average molecular weight is 381 g/mol. The Kier molecular flexibility index (Phi) is 5.70. The molecule has 3 N–H and O–H groups in total. The SMILES string of the molecule is O=C(CCc1ccc(Br)cc1F)NNC(=O)c1ccccc1O. The molecule has 0 aromatic heterocycles. The number of carbonyl (C=O) groups is 2. The van der Waals surface area contributed by atoms with E-state index in [1.807, 2.05) is 0 Å². The van der Waals surface area contributed by atoms with Gasteiger partial charge in [0.15, 0.2) is 0 Å². The Bertz CT molecular complexity index is 737. The second-order valence-corrected chi connectivity index (χ2v) is 5.67. The average Bonchev–Trinajstić information content (AvgIpc) is 2.52. The standard InChI is InChI=1S/C16H14BrFN2O3/c17-11-7-5-10(13(18)9-11)6-8-15(22)19-20-16(23)12-3-1-2-4-14(12)21/h1-5,7,9,21H,6,8H2,(H,19,22)(H,20,23). The highest BCUT2D eigenvalue weighted by molar-refractivity contribution is 9.10. The molecule has 2 amide bonds. The number of aromatic hydroxyl groups is 1. The van der Waals surface area contributed by atoms with Crippen LogP contribution < -0.4 is 10.9 Å². The molecule has 23 heavy (non-hydrogen) atoms. The number of hydrogen-bond acceptors (Lipinski definition) is 3. The highest BCUT2D eigenvalue weighted by Crippen LogP contribution is 2.16. The molecule has 0 aliphatic heterocycles. The van der Waals surface area contributed by atoms with Crippen molar-refractivity contribution in [2.75, 3.05) is 0 Å². The second-order valence-electron chi connectivity index (χ2n) is 4.76. The Morgan fingerprint density at radius 2 is 1.87 bits per heavy atom. The zero-order valence-corrected chi connectivity index (χ0v) is 13.6. The normalized spacial score (nSPS) is 10.2. The quantitative estimate of drug-likeness (QED) is 0.713. The van der Waals surface area contributed by atoms with Crippen LogP contribution >= 0.6 is 15.9 Å². The molecule has 2 rings (SSSR count). The van der Waals surface area contributed by atoms with Crippen LogP contribution in [0.25, 0.3) is 0 Å². The molecule has 0 radical (unpaired) electrons. The number of hydrazine groups is 1. The fourth-order valence-corrected chi connectivity index (χ4v) is 2.23. The largest absolute Gasteiger partial charge is 0.507 e. The number of para-hydroxylation sites is 1. The highest BCUT2D eigenvalue weighted by Gasteiger charge is 2.11. The zero-order valence-electron chi connectivity index (χ0n) is 12.0. The van der Waals surface area contributed by atoms with Crippen LogP contribution in [0.1, 0.15) is 22.3 Å². The van der Waals surface area contributed by atoms with Crippen LogP contribution in [0.2, 0.25) is 0 Å². The summed E-state index contributed by atoms with van der Waals surface area (Å²) in [6, 6.07) is 10.6. The minimum Gasteiger partial charge on any atom is -0.507 e. The summed E-state index contributed by atoms with van der Waals surface area (Å²) >= 11 is 3.16. The Hall–Kier alpha value is -2.41. The fraction of sp³-hybridized carbons (Fsp3) is 0.125. The molecule has 0 aliphatic carbocycles. The topological polar surface area (TPSA) is 78.4 Å². The molecule has 0 aliphatic rings. The number of phenolic OH excluding ortho intramolecular Hbond substituents is 1. The molecule has 0 fully saturated rings. The first-order chi connectivity index (χ1) is 11.0. The molecule has 0 spiro atoms. The molecule has 0 bridgehead atoms. The van der Waals surface area contributed by atoms with Crippen LogP contribution in [0, 0.1) is 5.82 Å². The molecular formula is C16H14BrFN2O3. The van der Waals surface area contributed by atoms with Gasteiger partial charge in [-0.3, -0.25) is 20.4 Å². The minimum absolute atomic E-state index is 0.0135. The third-order valence-corrected chi connectivity index (χ3v) is 3.59. The monoisotopic (exact) mass is 380 g/mol. The molecule has 0 saturated heterocycles. The van der Waals surface area contributed by atoms with Crippen molar-refractivity contribution in [2.24, 2.45) is 0 Å². The number of rotatable bonds is 4. The number of phenols is 1. The fourth-order valence-electron chi connectivity index (χ4n) is 1.89. The van der Waals surface area contributed by atoms with Gasteiger partial charge in [-0.25, -0.2) is 4.39 Å². The maximum absolute atomic E-state index is 13.6. The number of aryl methyl sites for hydroxylation is 1. The van der Waals surface area contributed by atoms with E-state index in [1.165, 1.54) is 18.2 Å². The van der Waals surface area contributed by atoms with Gasteiger partial charge in [-0.1, -0.05) is 34.1 Å². The first kappa shape index (κ1) is 17.0. The van der Waals surface area contributed by atoms with E-state index in [4.69, 9.17) is 0 Å². The van der Waals surface area contributed by atoms with Crippen molar-refractivity contribution in [1.82, 2.24) is 10.9 Å². The maximum atomic E-state index is 13.6. The summed E-state index contributed by atoms with van der Waals surface area (Å²) in [5, 5.41) is 9.53. The molecule has 7 heteroatoms. The molecule has 2 aromatic carbocycles. The van der Waals surface area contributed by atoms with Gasteiger partial charge < -0.3 is 5.11 Å². The molecule has 5 nitrogen and oxygen atoms in total. The summed E-state index contributed by atoms with van der Waals surface area (Å²) in [4.78, 5) is 23.5. The molecule has 0 heterocycles. The molecule has 0 atom stereocenters. The zero-order chi connectivity index (χ0) is 16.8. The van der Waals surface area contributed by atoms with Gasteiger partial charge >= 0.3 is 0 Å². The molecule has 0 saturated carbocycles. The van der Waals surface area contributed by atoms with Crippen LogP contribution in [0.5, 0.6) is 5.75 Å². The lowest BCUT2D eigenvalue weighted by Gasteiger charge is -2.09. The van der Waals surface area contributed by atoms with Crippen molar-refractivity contribution in [1.29, 1.82) is 0 Å². The van der Waals surface area contributed by atoms with Gasteiger partial charge in [-0.15, -0.1) is 0 Å². The Morgan fingerprint density at radius 1 is 1.13 bits per heavy atom. The smallest absolute Gasteiger partial charge is 0.273 e. The second kappa shape index (κ2) is 7.73. The molecule has 2 aromatic rings. The van der Waals surface area contributed by atoms with Crippen molar-refractivity contribution in [2.45, 2.75) is 12.8 Å². The molecule has 0 unspecified atom stereocenters. The number of amides is 2. The lowest BCUT2D eigenvalue weighted by molar-refractivity contribution is -0.121. The van der Waals surface area contributed by atoms with Crippen molar-refractivity contribution in [3.63, 3.8) is 0 Å². The van der Waals surface area contributed by atoms with Crippen molar-refractivity contribution in [3.8, 4) is 5.75 Å². The van der Waals surface area contributed by atoms with Gasteiger partial charge in [0.2, 0.25) is 5.91 Å². The predicted octanol–water partition coefficient (Wildman–Crippen LogP) is 2.69. The van der Waals surface area contributed by atoms with E-state index in [1.54, 1.807) is 24.3 Å². The number of nitrogens with one attached hydrogen (secondary N) is 2. The Balaban J connectivity index is 1.83. The summed E-state index contributed by atoms with van der Waals surface area (Å²) in [7, 11) is 0. The van der Waals surface area contributed by atoms with Gasteiger partial charge in [0.25, 0.3) is 5.91 Å². The third-order valence-electron chi connectivity index (χ3n) is 3.10. The molecule has 120 valence electrons. The van der Waals surface area contributed by atoms with E-state index < -0.39 is 17.6 Å². The van der Waals surface area contributed by atoms with Crippen LogP contribution in [0.15, 0.2) is 46.9 Å². The number of halogens is 2. The number of carbonyl (C=O) groups excluding carboxylic acids is 2. The third kappa shape index (κ3) is 4.79. The first-order valence-electron chi connectivity index (χ1n) is 6.78. The van der Waals surface area contributed by atoms with Gasteiger partial charge in [-0.05, 0) is 36.2 Å². The van der Waals surface area contributed by atoms with Crippen LogP contribution in [-0.2, 0) is 11.2 Å². The van der Waals surface area contributed by atoms with Crippen LogP contribution in [0.4, 0.5) is 4.39 Å². The Morgan fingerprint density at radius 3 is 2.57 bits per heavy atom. The first-order valence-corrected chi connectivity index (χ1v) is 7.58. The minimum atomic E-state index is -0.633. The lowest BCUT2D eigenvalue weighted by Crippen LogP contribution is -2.41. The van der Waals surface area contributed by atoms with E-state index in [9.17, 15) is 19.1 Å². The van der Waals surface area contributed by atoms with E-state index >= 15 is 0 Å². The molecular weight excluding hydrogens is 367 g/mol. The van der Waals surface area contributed by atoms with Crippen LogP contribution in [0.3, 0.4) is 0 Å². The summed E-state index contributed by atoms with van der Waals surface area (Å²) in [5.74, 6) is -1.68. The summed E-state index contributed by atoms with van der Waals surface area (Å²) in [6.45, 7) is 0. The van der Waals surface area contributed by atoms with Crippen molar-refractivity contribution in [3.05, 3.63) is 63.9 Å². The summed E-state index contributed by atoms with van der Waals surface area (Å²) < 4.78 is 14.2. The van der Waals surface area contributed by atoms with Gasteiger partial charge in [-0.2, -0.15) is 0 Å². The summed E-state index contributed by atoms with van der Waals surface area (Å²) in [6.07, 6.45) is 0.219. The van der Waals surface area contributed by atoms with Gasteiger partial charge in [0.05, 0.1) is 5.56 Å². The van der Waals surface area contributed by atoms with E-state index in [0.717, 1.165) is 0 Å². The van der Waals surface area contributed by atoms with E-state index in [-0.39, 0.29) is 24.2 Å². The maximum Gasteiger partial charge on any atom is 0.273 e. The van der Waals surface area contributed by atoms with E-state index in [2.05, 4.69) is 26.8 Å². The van der Waals surface area contributed by atoms with Gasteiger partial charge in [0, 0.05) is 10.9 Å². The number of hydrogen-bond donors (Lipinski definition) is 3. The van der Waals surface area contributed by atoms with Crippen molar-refractivity contribution < 1.29 is 19.1 Å². The summed E-state index contributed by atoms with van der Waals surface area (Å²) in [5.41, 5.74) is 4.89. The Labute approximate surface area is 140 Å². The van der Waals surface area contributed by atoms with Gasteiger partial charge in [0.1, 0.15) is 11.6 Å². The highest BCUT2D eigenvalue weighted by atomic mass is 79.9. The lowest BCUT2D eigenvalue weighted by atomic mass is 10.1. The van der Waals surface area contributed by atoms with Crippen molar-refractivity contribution >= 4 is 27.7 Å². The predicted molar refractivity (Wildman–Crippen MR) is 86.1 cm³/mol. The number of benzene rings is 2. The van der Waals surface area contributed by atoms with Crippen LogP contribution in [-0.4, -0.2) is 16.9 Å². The van der Waals surface area contributed by atoms with E-state index in [0.29, 0.717) is 10.0 Å².